The third-order valence-corrected chi connectivity index (χ3v) is 3.47. The molecule has 0 aliphatic carbocycles. The second-order valence-corrected chi connectivity index (χ2v) is 4.90. The second-order valence-electron chi connectivity index (χ2n) is 4.04. The molecule has 0 aliphatic rings. The van der Waals surface area contributed by atoms with Gasteiger partial charge in [0.25, 0.3) is 0 Å². The van der Waals surface area contributed by atoms with Gasteiger partial charge in [-0.15, -0.1) is 0 Å². The fourth-order valence-corrected chi connectivity index (χ4v) is 1.98. The summed E-state index contributed by atoms with van der Waals surface area (Å²) >= 11 is 3.23. The maximum absolute atomic E-state index is 13.4. The van der Waals surface area contributed by atoms with Gasteiger partial charge in [0.2, 0.25) is 11.6 Å². The average molecular weight is 365 g/mol. The van der Waals surface area contributed by atoms with Crippen LogP contribution in [0.5, 0.6) is 11.5 Å². The summed E-state index contributed by atoms with van der Waals surface area (Å²) in [5.41, 5.74) is 0.498. The van der Waals surface area contributed by atoms with Crippen molar-refractivity contribution in [2.75, 3.05) is 7.11 Å². The zero-order valence-electron chi connectivity index (χ0n) is 10.7. The van der Waals surface area contributed by atoms with E-state index in [1.807, 2.05) is 0 Å². The standard InChI is InChI=1S/C14H9BrF4O2/c1-20-8-2-3-9(15)7(4-8)6-21-14-12(18)10(16)5-11(17)13(14)19/h2-5H,6H2,1H3. The van der Waals surface area contributed by atoms with Crippen LogP contribution >= 0.6 is 15.9 Å². The molecule has 0 spiro atoms. The molecule has 2 aromatic carbocycles. The molecule has 0 fully saturated rings. The molecule has 0 aliphatic heterocycles. The van der Waals surface area contributed by atoms with Crippen LogP contribution in [0.15, 0.2) is 28.7 Å². The summed E-state index contributed by atoms with van der Waals surface area (Å²) in [7, 11) is 1.45. The highest BCUT2D eigenvalue weighted by Gasteiger charge is 2.20. The van der Waals surface area contributed by atoms with E-state index in [1.165, 1.54) is 7.11 Å². The van der Waals surface area contributed by atoms with E-state index in [9.17, 15) is 17.6 Å². The van der Waals surface area contributed by atoms with Crippen LogP contribution in [0.4, 0.5) is 17.6 Å². The third kappa shape index (κ3) is 3.29. The highest BCUT2D eigenvalue weighted by Crippen LogP contribution is 2.29. The topological polar surface area (TPSA) is 18.5 Å². The monoisotopic (exact) mass is 364 g/mol. The predicted octanol–water partition coefficient (Wildman–Crippen LogP) is 4.59. The first-order valence-electron chi connectivity index (χ1n) is 5.72. The van der Waals surface area contributed by atoms with E-state index in [-0.39, 0.29) is 12.7 Å². The Balaban J connectivity index is 2.28. The molecule has 21 heavy (non-hydrogen) atoms. The summed E-state index contributed by atoms with van der Waals surface area (Å²) in [5.74, 6) is -6.78. The zero-order valence-corrected chi connectivity index (χ0v) is 12.3. The lowest BCUT2D eigenvalue weighted by Crippen LogP contribution is -2.04. The van der Waals surface area contributed by atoms with Crippen molar-refractivity contribution < 1.29 is 27.0 Å². The molecule has 0 heterocycles. The van der Waals surface area contributed by atoms with Crippen molar-refractivity contribution >= 4 is 15.9 Å². The Labute approximate surface area is 126 Å². The maximum atomic E-state index is 13.4. The Morgan fingerprint density at radius 3 is 2.19 bits per heavy atom. The Bertz CT molecular complexity index is 650. The molecule has 0 N–H and O–H groups in total. The van der Waals surface area contributed by atoms with Gasteiger partial charge in [0.05, 0.1) is 7.11 Å². The molecular formula is C14H9BrF4O2. The van der Waals surface area contributed by atoms with Crippen LogP contribution < -0.4 is 9.47 Å². The number of ether oxygens (including phenoxy) is 2. The largest absolute Gasteiger partial charge is 0.497 e. The van der Waals surface area contributed by atoms with Crippen LogP contribution in [0.25, 0.3) is 0 Å². The summed E-state index contributed by atoms with van der Waals surface area (Å²) < 4.78 is 63.5. The molecule has 0 radical (unpaired) electrons. The van der Waals surface area contributed by atoms with Gasteiger partial charge in [-0.1, -0.05) is 15.9 Å². The van der Waals surface area contributed by atoms with Gasteiger partial charge >= 0.3 is 0 Å². The van der Waals surface area contributed by atoms with Crippen LogP contribution in [-0.4, -0.2) is 7.11 Å². The Hall–Kier alpha value is -1.76. The molecule has 2 nitrogen and oxygen atoms in total. The van der Waals surface area contributed by atoms with Crippen LogP contribution in [-0.2, 0) is 6.61 Å². The first kappa shape index (κ1) is 15.6. The number of hydrogen-bond acceptors (Lipinski definition) is 2. The quantitative estimate of drug-likeness (QED) is 0.583. The number of rotatable bonds is 4. The Morgan fingerprint density at radius 1 is 1.00 bits per heavy atom. The minimum Gasteiger partial charge on any atom is -0.497 e. The minimum absolute atomic E-state index is 0.124. The van der Waals surface area contributed by atoms with Crippen molar-refractivity contribution in [1.82, 2.24) is 0 Å². The first-order chi connectivity index (χ1) is 9.93. The number of methoxy groups -OCH3 is 1. The minimum atomic E-state index is -1.58. The molecule has 0 atom stereocenters. The smallest absolute Gasteiger partial charge is 0.203 e. The van der Waals surface area contributed by atoms with E-state index in [2.05, 4.69) is 15.9 Å². The SMILES string of the molecule is COc1ccc(Br)c(COc2c(F)c(F)cc(F)c2F)c1. The van der Waals surface area contributed by atoms with Crippen molar-refractivity contribution in [3.8, 4) is 11.5 Å². The average Bonchev–Trinajstić information content (AvgIpc) is 2.47. The summed E-state index contributed by atoms with van der Waals surface area (Å²) in [4.78, 5) is 0. The molecule has 112 valence electrons. The van der Waals surface area contributed by atoms with Crippen molar-refractivity contribution in [2.45, 2.75) is 6.61 Å². The van der Waals surface area contributed by atoms with Gasteiger partial charge in [-0.2, -0.15) is 8.78 Å². The summed E-state index contributed by atoms with van der Waals surface area (Å²) in [6.45, 7) is -0.297. The van der Waals surface area contributed by atoms with Crippen molar-refractivity contribution in [3.63, 3.8) is 0 Å². The molecule has 0 bridgehead atoms. The van der Waals surface area contributed by atoms with Crippen molar-refractivity contribution in [2.24, 2.45) is 0 Å². The van der Waals surface area contributed by atoms with E-state index >= 15 is 0 Å². The van der Waals surface area contributed by atoms with Crippen LogP contribution in [0.1, 0.15) is 5.56 Å². The molecule has 0 saturated heterocycles. The van der Waals surface area contributed by atoms with Gasteiger partial charge in [0, 0.05) is 16.1 Å². The normalized spacial score (nSPS) is 10.6. The number of hydrogen-bond donors (Lipinski definition) is 0. The van der Waals surface area contributed by atoms with Gasteiger partial charge in [-0.3, -0.25) is 0 Å². The van der Waals surface area contributed by atoms with Gasteiger partial charge in [0.15, 0.2) is 17.4 Å². The fraction of sp³-hybridized carbons (Fsp3) is 0.143. The van der Waals surface area contributed by atoms with Crippen LogP contribution in [0, 0.1) is 23.3 Å². The fourth-order valence-electron chi connectivity index (χ4n) is 1.62. The summed E-state index contributed by atoms with van der Waals surface area (Å²) in [6, 6.07) is 5.00. The number of benzene rings is 2. The van der Waals surface area contributed by atoms with Crippen LogP contribution in [0.3, 0.4) is 0 Å². The Kier molecular flexibility index (Phi) is 4.72. The predicted molar refractivity (Wildman–Crippen MR) is 71.3 cm³/mol. The van der Waals surface area contributed by atoms with E-state index in [1.54, 1.807) is 18.2 Å². The highest BCUT2D eigenvalue weighted by molar-refractivity contribution is 9.10. The Morgan fingerprint density at radius 2 is 1.62 bits per heavy atom. The first-order valence-corrected chi connectivity index (χ1v) is 6.51. The lowest BCUT2D eigenvalue weighted by molar-refractivity contribution is 0.260. The molecule has 0 unspecified atom stereocenters. The molecule has 2 aromatic rings. The lowest BCUT2D eigenvalue weighted by atomic mass is 10.2. The zero-order chi connectivity index (χ0) is 15.6. The summed E-state index contributed by atoms with van der Waals surface area (Å²) in [6.07, 6.45) is 0. The third-order valence-electron chi connectivity index (χ3n) is 2.70. The van der Waals surface area contributed by atoms with Gasteiger partial charge in [0.1, 0.15) is 12.4 Å². The van der Waals surface area contributed by atoms with E-state index in [4.69, 9.17) is 9.47 Å². The van der Waals surface area contributed by atoms with Crippen molar-refractivity contribution in [3.05, 3.63) is 57.6 Å². The summed E-state index contributed by atoms with van der Waals surface area (Å²) in [5, 5.41) is 0. The lowest BCUT2D eigenvalue weighted by Gasteiger charge is -2.11. The van der Waals surface area contributed by atoms with Gasteiger partial charge in [-0.25, -0.2) is 8.78 Å². The van der Waals surface area contributed by atoms with Gasteiger partial charge in [-0.05, 0) is 18.2 Å². The molecule has 7 heteroatoms. The molecular weight excluding hydrogens is 356 g/mol. The van der Waals surface area contributed by atoms with Crippen LogP contribution in [0.2, 0.25) is 0 Å². The van der Waals surface area contributed by atoms with E-state index < -0.39 is 29.0 Å². The molecule has 0 amide bonds. The van der Waals surface area contributed by atoms with Gasteiger partial charge < -0.3 is 9.47 Å². The molecule has 0 aromatic heterocycles. The van der Waals surface area contributed by atoms with E-state index in [0.29, 0.717) is 15.8 Å². The van der Waals surface area contributed by atoms with E-state index in [0.717, 1.165) is 0 Å². The second kappa shape index (κ2) is 6.34. The number of halogens is 5. The molecule has 2 rings (SSSR count). The maximum Gasteiger partial charge on any atom is 0.203 e. The molecule has 0 saturated carbocycles. The highest BCUT2D eigenvalue weighted by atomic mass is 79.9. The van der Waals surface area contributed by atoms with Crippen molar-refractivity contribution in [1.29, 1.82) is 0 Å².